The number of nitrogens with zero attached hydrogens (tertiary/aromatic N) is 2. The quantitative estimate of drug-likeness (QED) is 0.533. The van der Waals surface area contributed by atoms with Crippen LogP contribution in [0.2, 0.25) is 0 Å². The highest BCUT2D eigenvalue weighted by Crippen LogP contribution is 2.13. The van der Waals surface area contributed by atoms with Gasteiger partial charge in [0.25, 0.3) is 5.56 Å². The van der Waals surface area contributed by atoms with E-state index in [2.05, 4.69) is 4.98 Å². The lowest BCUT2D eigenvalue weighted by atomic mass is 10.2. The van der Waals surface area contributed by atoms with E-state index >= 15 is 0 Å². The fraction of sp³-hybridized carbons (Fsp3) is 0.105. The fourth-order valence-corrected chi connectivity index (χ4v) is 2.35. The number of halogens is 2. The monoisotopic (exact) mass is 356 g/mol. The molecular formula is C19H14F2N2O3. The molecule has 2 aromatic heterocycles. The van der Waals surface area contributed by atoms with Crippen LogP contribution in [-0.4, -0.2) is 15.4 Å². The standard InChI is InChI=1S/C19H14F2N2O3/c1-12-5-7-17-22-13(9-18(24)23(17)10-12)11-26-19(25)8-6-14-15(20)3-2-4-16(14)21/h2-10H,11H2,1H3/b8-6+. The number of aromatic nitrogens is 2. The summed E-state index contributed by atoms with van der Waals surface area (Å²) < 4.78 is 33.3. The van der Waals surface area contributed by atoms with E-state index in [4.69, 9.17) is 4.74 Å². The van der Waals surface area contributed by atoms with E-state index in [0.717, 1.165) is 29.8 Å². The molecule has 0 aliphatic rings. The summed E-state index contributed by atoms with van der Waals surface area (Å²) in [4.78, 5) is 28.0. The number of hydrogen-bond donors (Lipinski definition) is 0. The summed E-state index contributed by atoms with van der Waals surface area (Å²) in [5.74, 6) is -2.37. The van der Waals surface area contributed by atoms with Gasteiger partial charge in [0.1, 0.15) is 23.9 Å². The van der Waals surface area contributed by atoms with Crippen LogP contribution in [-0.2, 0) is 16.1 Å². The topological polar surface area (TPSA) is 60.7 Å². The normalized spacial score (nSPS) is 11.2. The van der Waals surface area contributed by atoms with E-state index in [-0.39, 0.29) is 23.4 Å². The summed E-state index contributed by atoms with van der Waals surface area (Å²) in [5.41, 5.74) is 0.984. The Morgan fingerprint density at radius 1 is 1.23 bits per heavy atom. The molecule has 0 aliphatic heterocycles. The van der Waals surface area contributed by atoms with Crippen molar-refractivity contribution in [3.8, 4) is 0 Å². The van der Waals surface area contributed by atoms with Crippen LogP contribution in [0.1, 0.15) is 16.8 Å². The summed E-state index contributed by atoms with van der Waals surface area (Å²) in [6, 6.07) is 8.16. The second-order valence-electron chi connectivity index (χ2n) is 5.60. The minimum Gasteiger partial charge on any atom is -0.456 e. The van der Waals surface area contributed by atoms with Gasteiger partial charge in [0, 0.05) is 23.9 Å². The molecule has 0 aliphatic carbocycles. The van der Waals surface area contributed by atoms with Gasteiger partial charge in [-0.15, -0.1) is 0 Å². The second-order valence-corrected chi connectivity index (χ2v) is 5.60. The van der Waals surface area contributed by atoms with E-state index < -0.39 is 17.6 Å². The van der Waals surface area contributed by atoms with Crippen molar-refractivity contribution in [3.05, 3.63) is 87.5 Å². The number of fused-ring (bicyclic) bond motifs is 1. The number of pyridine rings is 1. The molecule has 3 aromatic rings. The molecule has 26 heavy (non-hydrogen) atoms. The van der Waals surface area contributed by atoms with E-state index in [0.29, 0.717) is 5.65 Å². The van der Waals surface area contributed by atoms with Gasteiger partial charge in [0.05, 0.1) is 5.69 Å². The lowest BCUT2D eigenvalue weighted by molar-refractivity contribution is -0.139. The number of rotatable bonds is 4. The van der Waals surface area contributed by atoms with Crippen molar-refractivity contribution in [1.29, 1.82) is 0 Å². The number of carbonyl (C=O) groups is 1. The molecule has 0 bridgehead atoms. The predicted octanol–water partition coefficient (Wildman–Crippen LogP) is 3.04. The van der Waals surface area contributed by atoms with Crippen LogP contribution in [0.15, 0.2) is 53.5 Å². The number of ether oxygens (including phenoxy) is 1. The van der Waals surface area contributed by atoms with Crippen LogP contribution in [0.5, 0.6) is 0 Å². The molecule has 1 aromatic carbocycles. The van der Waals surface area contributed by atoms with Crippen molar-refractivity contribution in [2.24, 2.45) is 0 Å². The molecule has 0 atom stereocenters. The smallest absolute Gasteiger partial charge is 0.331 e. The molecule has 0 unspecified atom stereocenters. The zero-order valence-electron chi connectivity index (χ0n) is 13.8. The minimum absolute atomic E-state index is 0.234. The first-order valence-electron chi connectivity index (χ1n) is 7.72. The molecule has 0 spiro atoms. The summed E-state index contributed by atoms with van der Waals surface area (Å²) in [7, 11) is 0. The number of benzene rings is 1. The first-order valence-corrected chi connectivity index (χ1v) is 7.72. The third-order valence-corrected chi connectivity index (χ3v) is 3.61. The second kappa shape index (κ2) is 7.26. The lowest BCUT2D eigenvalue weighted by Gasteiger charge is -2.05. The average molecular weight is 356 g/mol. The van der Waals surface area contributed by atoms with E-state index in [1.54, 1.807) is 12.3 Å². The van der Waals surface area contributed by atoms with Gasteiger partial charge in [-0.05, 0) is 36.8 Å². The molecule has 2 heterocycles. The maximum absolute atomic E-state index is 13.5. The van der Waals surface area contributed by atoms with Crippen LogP contribution in [0.4, 0.5) is 8.78 Å². The van der Waals surface area contributed by atoms with E-state index in [9.17, 15) is 18.4 Å². The third kappa shape index (κ3) is 3.83. The van der Waals surface area contributed by atoms with Crippen molar-refractivity contribution in [2.45, 2.75) is 13.5 Å². The molecule has 7 heteroatoms. The largest absolute Gasteiger partial charge is 0.456 e. The molecule has 0 amide bonds. The van der Waals surface area contributed by atoms with Crippen LogP contribution >= 0.6 is 0 Å². The van der Waals surface area contributed by atoms with Gasteiger partial charge in [-0.3, -0.25) is 9.20 Å². The highest BCUT2D eigenvalue weighted by Gasteiger charge is 2.07. The molecule has 0 saturated heterocycles. The molecule has 0 saturated carbocycles. The molecule has 5 nitrogen and oxygen atoms in total. The van der Waals surface area contributed by atoms with Crippen molar-refractivity contribution in [3.63, 3.8) is 0 Å². The van der Waals surface area contributed by atoms with Gasteiger partial charge >= 0.3 is 5.97 Å². The van der Waals surface area contributed by atoms with Gasteiger partial charge in [-0.1, -0.05) is 12.1 Å². The number of hydrogen-bond acceptors (Lipinski definition) is 4. The van der Waals surface area contributed by atoms with Crippen LogP contribution in [0.3, 0.4) is 0 Å². The summed E-state index contributed by atoms with van der Waals surface area (Å²) >= 11 is 0. The van der Waals surface area contributed by atoms with Crippen LogP contribution < -0.4 is 5.56 Å². The average Bonchev–Trinajstić information content (AvgIpc) is 2.60. The third-order valence-electron chi connectivity index (χ3n) is 3.61. The van der Waals surface area contributed by atoms with Crippen molar-refractivity contribution in [2.75, 3.05) is 0 Å². The van der Waals surface area contributed by atoms with Crippen molar-refractivity contribution < 1.29 is 18.3 Å². The highest BCUT2D eigenvalue weighted by atomic mass is 19.1. The first kappa shape index (κ1) is 17.5. The molecule has 0 radical (unpaired) electrons. The Morgan fingerprint density at radius 3 is 2.69 bits per heavy atom. The maximum Gasteiger partial charge on any atom is 0.331 e. The molecule has 0 N–H and O–H groups in total. The Hall–Kier alpha value is -3.35. The van der Waals surface area contributed by atoms with Gasteiger partial charge in [0.2, 0.25) is 0 Å². The maximum atomic E-state index is 13.5. The Morgan fingerprint density at radius 2 is 1.96 bits per heavy atom. The molecule has 3 rings (SSSR count). The van der Waals surface area contributed by atoms with Crippen molar-refractivity contribution in [1.82, 2.24) is 9.38 Å². The lowest BCUT2D eigenvalue weighted by Crippen LogP contribution is -2.16. The van der Waals surface area contributed by atoms with Crippen molar-refractivity contribution >= 4 is 17.7 Å². The SMILES string of the molecule is Cc1ccc2nc(COC(=O)/C=C/c3c(F)cccc3F)cc(=O)n2c1. The Bertz CT molecular complexity index is 1050. The number of carbonyl (C=O) groups excluding carboxylic acids is 1. The Labute approximate surface area is 147 Å². The zero-order chi connectivity index (χ0) is 18.7. The van der Waals surface area contributed by atoms with Gasteiger partial charge in [0.15, 0.2) is 0 Å². The highest BCUT2D eigenvalue weighted by molar-refractivity contribution is 5.87. The van der Waals surface area contributed by atoms with Crippen LogP contribution in [0, 0.1) is 18.6 Å². The Balaban J connectivity index is 1.72. The summed E-state index contributed by atoms with van der Waals surface area (Å²) in [5, 5.41) is 0. The molecule has 132 valence electrons. The van der Waals surface area contributed by atoms with E-state index in [1.807, 2.05) is 13.0 Å². The zero-order valence-corrected chi connectivity index (χ0v) is 13.8. The van der Waals surface area contributed by atoms with Gasteiger partial charge in [-0.2, -0.15) is 0 Å². The number of aryl methyl sites for hydroxylation is 1. The fourth-order valence-electron chi connectivity index (χ4n) is 2.35. The first-order chi connectivity index (χ1) is 12.4. The van der Waals surface area contributed by atoms with Crippen LogP contribution in [0.25, 0.3) is 11.7 Å². The van der Waals surface area contributed by atoms with Gasteiger partial charge < -0.3 is 4.74 Å². The van der Waals surface area contributed by atoms with Gasteiger partial charge in [-0.25, -0.2) is 18.6 Å². The molecular weight excluding hydrogens is 342 g/mol. The Kier molecular flexibility index (Phi) is 4.88. The predicted molar refractivity (Wildman–Crippen MR) is 91.4 cm³/mol. The molecule has 0 fully saturated rings. The minimum atomic E-state index is -0.807. The number of esters is 1. The summed E-state index contributed by atoms with van der Waals surface area (Å²) in [6.45, 7) is 1.62. The summed E-state index contributed by atoms with van der Waals surface area (Å²) in [6.07, 6.45) is 3.57. The van der Waals surface area contributed by atoms with E-state index in [1.165, 1.54) is 16.5 Å².